The number of hydrogen-bond donors (Lipinski definition) is 1. The zero-order valence-corrected chi connectivity index (χ0v) is 18.7. The van der Waals surface area contributed by atoms with Gasteiger partial charge in [0.05, 0.1) is 4.90 Å². The smallest absolute Gasteiger partial charge is 0.243 e. The normalized spacial score (nSPS) is 16.1. The number of hydrogen-bond acceptors (Lipinski definition) is 3. The number of carbonyl (C=O) groups is 1. The molecule has 1 saturated heterocycles. The number of sulfonamides is 1. The molecule has 0 radical (unpaired) electrons. The lowest BCUT2D eigenvalue weighted by Gasteiger charge is -2.31. The number of nitrogens with one attached hydrogen (secondary N) is 1. The van der Waals surface area contributed by atoms with Gasteiger partial charge < -0.3 is 5.32 Å². The summed E-state index contributed by atoms with van der Waals surface area (Å²) >= 11 is 3.42. The van der Waals surface area contributed by atoms with Gasteiger partial charge in [-0.1, -0.05) is 33.6 Å². The maximum atomic E-state index is 13.0. The summed E-state index contributed by atoms with van der Waals surface area (Å²) in [5.41, 5.74) is 3.57. The quantitative estimate of drug-likeness (QED) is 0.728. The Balaban J connectivity index is 1.65. The summed E-state index contributed by atoms with van der Waals surface area (Å²) in [6.45, 7) is 6.42. The van der Waals surface area contributed by atoms with E-state index in [4.69, 9.17) is 0 Å². The molecule has 0 aliphatic carbocycles. The minimum atomic E-state index is -3.53. The molecular formula is C21H25BrN2O3S. The Morgan fingerprint density at radius 2 is 1.71 bits per heavy atom. The first-order chi connectivity index (χ1) is 13.2. The van der Waals surface area contributed by atoms with Gasteiger partial charge in [-0.15, -0.1) is 0 Å². The first-order valence-electron chi connectivity index (χ1n) is 9.33. The van der Waals surface area contributed by atoms with Crippen LogP contribution in [-0.2, 0) is 14.8 Å². The van der Waals surface area contributed by atoms with Crippen molar-refractivity contribution in [3.05, 3.63) is 57.6 Å². The maximum absolute atomic E-state index is 13.0. The molecule has 1 amide bonds. The van der Waals surface area contributed by atoms with E-state index in [-0.39, 0.29) is 11.8 Å². The van der Waals surface area contributed by atoms with Crippen LogP contribution in [0.1, 0.15) is 29.5 Å². The van der Waals surface area contributed by atoms with Gasteiger partial charge in [-0.2, -0.15) is 4.31 Å². The van der Waals surface area contributed by atoms with Gasteiger partial charge in [-0.25, -0.2) is 8.42 Å². The number of rotatable bonds is 4. The van der Waals surface area contributed by atoms with Gasteiger partial charge in [-0.3, -0.25) is 4.79 Å². The van der Waals surface area contributed by atoms with Crippen molar-refractivity contribution in [1.29, 1.82) is 0 Å². The number of amides is 1. The van der Waals surface area contributed by atoms with E-state index in [0.29, 0.717) is 30.8 Å². The number of carbonyl (C=O) groups excluding carboxylic acids is 1. The molecule has 0 bridgehead atoms. The fourth-order valence-electron chi connectivity index (χ4n) is 3.59. The Labute approximate surface area is 175 Å². The van der Waals surface area contributed by atoms with Crippen LogP contribution in [0.25, 0.3) is 0 Å². The van der Waals surface area contributed by atoms with Gasteiger partial charge in [0.15, 0.2) is 0 Å². The first-order valence-corrected chi connectivity index (χ1v) is 11.6. The van der Waals surface area contributed by atoms with Crippen LogP contribution >= 0.6 is 15.9 Å². The summed E-state index contributed by atoms with van der Waals surface area (Å²) in [4.78, 5) is 13.0. The van der Waals surface area contributed by atoms with Crippen molar-refractivity contribution in [1.82, 2.24) is 4.31 Å². The van der Waals surface area contributed by atoms with Crippen LogP contribution < -0.4 is 5.32 Å². The fourth-order valence-corrected chi connectivity index (χ4v) is 5.74. The predicted octanol–water partition coefficient (Wildman–Crippen LogP) is 4.41. The van der Waals surface area contributed by atoms with Crippen molar-refractivity contribution in [3.63, 3.8) is 0 Å². The molecule has 0 atom stereocenters. The molecule has 150 valence electrons. The Hall–Kier alpha value is -1.70. The zero-order valence-electron chi connectivity index (χ0n) is 16.3. The molecule has 2 aromatic carbocycles. The maximum Gasteiger partial charge on any atom is 0.243 e. The molecule has 5 nitrogen and oxygen atoms in total. The second-order valence-electron chi connectivity index (χ2n) is 7.40. The molecule has 1 N–H and O–H groups in total. The van der Waals surface area contributed by atoms with E-state index in [1.54, 1.807) is 6.07 Å². The highest BCUT2D eigenvalue weighted by molar-refractivity contribution is 9.10. The van der Waals surface area contributed by atoms with Gasteiger partial charge in [0.2, 0.25) is 15.9 Å². The highest BCUT2D eigenvalue weighted by Gasteiger charge is 2.32. The third-order valence-corrected chi connectivity index (χ3v) is 7.77. The van der Waals surface area contributed by atoms with Crippen molar-refractivity contribution >= 4 is 37.5 Å². The summed E-state index contributed by atoms with van der Waals surface area (Å²) in [6.07, 6.45) is 1.04. The van der Waals surface area contributed by atoms with Crippen LogP contribution in [0, 0.1) is 26.7 Å². The van der Waals surface area contributed by atoms with Crippen LogP contribution in [0.4, 0.5) is 5.69 Å². The second kappa shape index (κ2) is 8.35. The van der Waals surface area contributed by atoms with E-state index < -0.39 is 10.0 Å². The summed E-state index contributed by atoms with van der Waals surface area (Å²) in [5, 5.41) is 2.98. The second-order valence-corrected chi connectivity index (χ2v) is 10.2. The molecule has 0 saturated carbocycles. The van der Waals surface area contributed by atoms with Gasteiger partial charge in [0.25, 0.3) is 0 Å². The van der Waals surface area contributed by atoms with Crippen LogP contribution in [0.15, 0.2) is 45.8 Å². The Kier molecular flexibility index (Phi) is 6.27. The summed E-state index contributed by atoms with van der Waals surface area (Å²) in [6, 6.07) is 11.1. The first kappa shape index (κ1) is 21.0. The van der Waals surface area contributed by atoms with Crippen LogP contribution in [0.2, 0.25) is 0 Å². The average Bonchev–Trinajstić information content (AvgIpc) is 2.63. The topological polar surface area (TPSA) is 66.5 Å². The number of halogens is 1. The van der Waals surface area contributed by atoms with E-state index in [9.17, 15) is 13.2 Å². The molecule has 0 aromatic heterocycles. The van der Waals surface area contributed by atoms with Gasteiger partial charge >= 0.3 is 0 Å². The number of piperidine rings is 1. The number of nitrogens with zero attached hydrogens (tertiary/aromatic N) is 1. The minimum Gasteiger partial charge on any atom is -0.326 e. The summed E-state index contributed by atoms with van der Waals surface area (Å²) < 4.78 is 28.4. The van der Waals surface area contributed by atoms with E-state index in [1.807, 2.05) is 51.1 Å². The summed E-state index contributed by atoms with van der Waals surface area (Å²) in [5.74, 6) is -0.234. The van der Waals surface area contributed by atoms with E-state index in [1.165, 1.54) is 4.31 Å². The highest BCUT2D eigenvalue weighted by atomic mass is 79.9. The molecule has 7 heteroatoms. The number of anilines is 1. The number of aryl methyl sites for hydroxylation is 3. The summed E-state index contributed by atoms with van der Waals surface area (Å²) in [7, 11) is -3.53. The molecule has 3 rings (SSSR count). The minimum absolute atomic E-state index is 0.0472. The molecule has 0 unspecified atom stereocenters. The molecule has 1 fully saturated rings. The number of benzene rings is 2. The fraction of sp³-hybridized carbons (Fsp3) is 0.381. The Bertz CT molecular complexity index is 997. The van der Waals surface area contributed by atoms with Crippen molar-refractivity contribution in [2.24, 2.45) is 5.92 Å². The molecule has 2 aromatic rings. The van der Waals surface area contributed by atoms with E-state index in [0.717, 1.165) is 26.9 Å². The van der Waals surface area contributed by atoms with Crippen molar-refractivity contribution in [2.45, 2.75) is 38.5 Å². The van der Waals surface area contributed by atoms with Gasteiger partial charge in [0, 0.05) is 29.2 Å². The highest BCUT2D eigenvalue weighted by Crippen LogP contribution is 2.27. The van der Waals surface area contributed by atoms with Crippen molar-refractivity contribution in [2.75, 3.05) is 18.4 Å². The monoisotopic (exact) mass is 464 g/mol. The lowest BCUT2D eigenvalue weighted by atomic mass is 9.97. The van der Waals surface area contributed by atoms with Crippen LogP contribution in [0.3, 0.4) is 0 Å². The van der Waals surface area contributed by atoms with Crippen molar-refractivity contribution in [3.8, 4) is 0 Å². The lowest BCUT2D eigenvalue weighted by Crippen LogP contribution is -2.41. The van der Waals surface area contributed by atoms with Gasteiger partial charge in [-0.05, 0) is 69.0 Å². The average molecular weight is 465 g/mol. The lowest BCUT2D eigenvalue weighted by molar-refractivity contribution is -0.120. The molecule has 0 spiro atoms. The SMILES string of the molecule is Cc1ccc(S(=O)(=O)N2CCC(C(=O)Nc3ccc(Br)cc3C)CC2)c(C)c1. The van der Waals surface area contributed by atoms with E-state index in [2.05, 4.69) is 21.2 Å². The molecule has 28 heavy (non-hydrogen) atoms. The van der Waals surface area contributed by atoms with Crippen LogP contribution in [-0.4, -0.2) is 31.7 Å². The molecular weight excluding hydrogens is 440 g/mol. The Morgan fingerprint density at radius 1 is 1.04 bits per heavy atom. The predicted molar refractivity (Wildman–Crippen MR) is 115 cm³/mol. The largest absolute Gasteiger partial charge is 0.326 e. The third kappa shape index (κ3) is 4.47. The van der Waals surface area contributed by atoms with Crippen LogP contribution in [0.5, 0.6) is 0 Å². The molecule has 1 aliphatic heterocycles. The molecule has 1 heterocycles. The van der Waals surface area contributed by atoms with E-state index >= 15 is 0 Å². The standard InChI is InChI=1S/C21H25BrN2O3S/c1-14-4-7-20(16(3)12-14)28(26,27)24-10-8-17(9-11-24)21(25)23-19-6-5-18(22)13-15(19)2/h4-7,12-13,17H,8-11H2,1-3H3,(H,23,25). The zero-order chi connectivity index (χ0) is 20.5. The molecule has 1 aliphatic rings. The van der Waals surface area contributed by atoms with Crippen molar-refractivity contribution < 1.29 is 13.2 Å². The van der Waals surface area contributed by atoms with Gasteiger partial charge in [0.1, 0.15) is 0 Å². The third-order valence-electron chi connectivity index (χ3n) is 5.22. The Morgan fingerprint density at radius 3 is 2.32 bits per heavy atom.